The van der Waals surface area contributed by atoms with E-state index < -0.39 is 5.97 Å². The lowest BCUT2D eigenvalue weighted by Gasteiger charge is -2.06. The van der Waals surface area contributed by atoms with Gasteiger partial charge in [0.15, 0.2) is 0 Å². The second-order valence-corrected chi connectivity index (χ2v) is 6.99. The normalized spacial score (nSPS) is 10.4. The van der Waals surface area contributed by atoms with E-state index in [9.17, 15) is 9.59 Å². The number of carbonyl (C=O) groups is 2. The highest BCUT2D eigenvalue weighted by Crippen LogP contribution is 2.22. The van der Waals surface area contributed by atoms with Crippen LogP contribution in [-0.4, -0.2) is 29.0 Å². The Bertz CT molecular complexity index is 954. The number of aryl methyl sites for hydroxylation is 3. The average molecular weight is 381 g/mol. The molecule has 1 N–H and O–H groups in total. The Kier molecular flexibility index (Phi) is 5.93. The number of pyridine rings is 1. The maximum atomic E-state index is 12.6. The molecule has 0 spiro atoms. The molecule has 6 nitrogen and oxygen atoms in total. The van der Waals surface area contributed by atoms with E-state index in [1.165, 1.54) is 24.0 Å². The predicted molar refractivity (Wildman–Crippen MR) is 104 cm³/mol. The zero-order chi connectivity index (χ0) is 19.2. The summed E-state index contributed by atoms with van der Waals surface area (Å²) in [4.78, 5) is 33.3. The van der Waals surface area contributed by atoms with E-state index in [0.29, 0.717) is 21.8 Å². The molecule has 0 radical (unpaired) electrons. The SMILES string of the molecule is COC(=O)c1cccc(NC(=O)c2sc(CCc3ccncc3)nc2C)c1. The van der Waals surface area contributed by atoms with Crippen molar-refractivity contribution < 1.29 is 14.3 Å². The summed E-state index contributed by atoms with van der Waals surface area (Å²) in [6, 6.07) is 10.6. The molecule has 1 amide bonds. The van der Waals surface area contributed by atoms with Gasteiger partial charge in [0, 0.05) is 24.5 Å². The number of anilines is 1. The van der Waals surface area contributed by atoms with Crippen molar-refractivity contribution in [2.45, 2.75) is 19.8 Å². The minimum Gasteiger partial charge on any atom is -0.465 e. The van der Waals surface area contributed by atoms with Crippen molar-refractivity contribution in [2.24, 2.45) is 0 Å². The molecule has 27 heavy (non-hydrogen) atoms. The summed E-state index contributed by atoms with van der Waals surface area (Å²) < 4.78 is 4.70. The monoisotopic (exact) mass is 381 g/mol. The summed E-state index contributed by atoms with van der Waals surface area (Å²) in [5.74, 6) is -0.680. The standard InChI is InChI=1S/C20H19N3O3S/c1-13-18(27-17(22-13)7-6-14-8-10-21-11-9-14)19(24)23-16-5-3-4-15(12-16)20(25)26-2/h3-5,8-12H,6-7H2,1-2H3,(H,23,24). The lowest BCUT2D eigenvalue weighted by atomic mass is 10.1. The minimum atomic E-state index is -0.446. The summed E-state index contributed by atoms with van der Waals surface area (Å²) >= 11 is 1.39. The van der Waals surface area contributed by atoms with Crippen LogP contribution in [0.2, 0.25) is 0 Å². The number of aromatic nitrogens is 2. The number of rotatable bonds is 6. The molecule has 138 valence electrons. The Morgan fingerprint density at radius 3 is 2.67 bits per heavy atom. The molecule has 1 aromatic carbocycles. The van der Waals surface area contributed by atoms with Gasteiger partial charge >= 0.3 is 5.97 Å². The van der Waals surface area contributed by atoms with Crippen molar-refractivity contribution in [1.82, 2.24) is 9.97 Å². The molecular formula is C20H19N3O3S. The van der Waals surface area contributed by atoms with Crippen LogP contribution in [0.4, 0.5) is 5.69 Å². The molecule has 3 rings (SSSR count). The molecule has 0 saturated heterocycles. The Morgan fingerprint density at radius 2 is 1.93 bits per heavy atom. The molecule has 0 fully saturated rings. The van der Waals surface area contributed by atoms with Crippen molar-refractivity contribution >= 4 is 28.9 Å². The Balaban J connectivity index is 1.68. The van der Waals surface area contributed by atoms with Gasteiger partial charge in [0.05, 0.1) is 23.4 Å². The van der Waals surface area contributed by atoms with Crippen LogP contribution in [0.1, 0.15) is 36.3 Å². The van der Waals surface area contributed by atoms with Crippen LogP contribution in [-0.2, 0) is 17.6 Å². The van der Waals surface area contributed by atoms with E-state index in [-0.39, 0.29) is 5.91 Å². The minimum absolute atomic E-state index is 0.234. The first-order chi connectivity index (χ1) is 13.1. The highest BCUT2D eigenvalue weighted by atomic mass is 32.1. The van der Waals surface area contributed by atoms with Crippen LogP contribution in [0, 0.1) is 6.92 Å². The number of esters is 1. The second-order valence-electron chi connectivity index (χ2n) is 5.90. The third kappa shape index (κ3) is 4.77. The van der Waals surface area contributed by atoms with Gasteiger partial charge in [-0.2, -0.15) is 0 Å². The van der Waals surface area contributed by atoms with Gasteiger partial charge in [0.25, 0.3) is 5.91 Å². The summed E-state index contributed by atoms with van der Waals surface area (Å²) in [6.45, 7) is 1.83. The Hall–Kier alpha value is -3.06. The van der Waals surface area contributed by atoms with Crippen LogP contribution >= 0.6 is 11.3 Å². The molecule has 0 saturated carbocycles. The van der Waals surface area contributed by atoms with E-state index in [2.05, 4.69) is 15.3 Å². The van der Waals surface area contributed by atoms with E-state index in [4.69, 9.17) is 4.74 Å². The van der Waals surface area contributed by atoms with E-state index in [1.54, 1.807) is 36.7 Å². The summed E-state index contributed by atoms with van der Waals surface area (Å²) in [7, 11) is 1.32. The van der Waals surface area contributed by atoms with Gasteiger partial charge in [-0.1, -0.05) is 6.07 Å². The van der Waals surface area contributed by atoms with E-state index >= 15 is 0 Å². The van der Waals surface area contributed by atoms with Crippen LogP contribution in [0.3, 0.4) is 0 Å². The number of thiazole rings is 1. The summed E-state index contributed by atoms with van der Waals surface area (Å²) in [5.41, 5.74) is 2.80. The topological polar surface area (TPSA) is 81.2 Å². The Morgan fingerprint density at radius 1 is 1.15 bits per heavy atom. The summed E-state index contributed by atoms with van der Waals surface area (Å²) in [6.07, 6.45) is 5.14. The largest absolute Gasteiger partial charge is 0.465 e. The molecule has 2 aromatic heterocycles. The highest BCUT2D eigenvalue weighted by Gasteiger charge is 2.16. The van der Waals surface area contributed by atoms with Gasteiger partial charge in [0.1, 0.15) is 4.88 Å². The first-order valence-electron chi connectivity index (χ1n) is 8.41. The lowest BCUT2D eigenvalue weighted by molar-refractivity contribution is 0.0600. The fraction of sp³-hybridized carbons (Fsp3) is 0.200. The number of methoxy groups -OCH3 is 1. The van der Waals surface area contributed by atoms with Gasteiger partial charge in [-0.3, -0.25) is 9.78 Å². The number of nitrogens with one attached hydrogen (secondary N) is 1. The number of benzene rings is 1. The zero-order valence-corrected chi connectivity index (χ0v) is 15.9. The fourth-order valence-electron chi connectivity index (χ4n) is 2.60. The molecule has 3 aromatic rings. The molecule has 0 aliphatic heterocycles. The first kappa shape index (κ1) is 18.7. The predicted octanol–water partition coefficient (Wildman–Crippen LogP) is 3.67. The smallest absolute Gasteiger partial charge is 0.337 e. The quantitative estimate of drug-likeness (QED) is 0.659. The van der Waals surface area contributed by atoms with Crippen molar-refractivity contribution in [2.75, 3.05) is 12.4 Å². The van der Waals surface area contributed by atoms with Gasteiger partial charge in [-0.15, -0.1) is 11.3 Å². The third-order valence-corrected chi connectivity index (χ3v) is 5.18. The van der Waals surface area contributed by atoms with Gasteiger partial charge < -0.3 is 10.1 Å². The zero-order valence-electron chi connectivity index (χ0n) is 15.1. The van der Waals surface area contributed by atoms with Gasteiger partial charge in [-0.25, -0.2) is 9.78 Å². The number of hydrogen-bond donors (Lipinski definition) is 1. The molecule has 7 heteroatoms. The van der Waals surface area contributed by atoms with Crippen molar-refractivity contribution in [3.8, 4) is 0 Å². The van der Waals surface area contributed by atoms with Gasteiger partial charge in [-0.05, 0) is 49.2 Å². The number of nitrogens with zero attached hydrogens (tertiary/aromatic N) is 2. The first-order valence-corrected chi connectivity index (χ1v) is 9.23. The number of hydrogen-bond acceptors (Lipinski definition) is 6. The average Bonchev–Trinajstić information content (AvgIpc) is 3.07. The molecule has 0 aliphatic carbocycles. The summed E-state index contributed by atoms with van der Waals surface area (Å²) in [5, 5.41) is 3.74. The third-order valence-electron chi connectivity index (χ3n) is 3.97. The van der Waals surface area contributed by atoms with Crippen LogP contribution in [0.15, 0.2) is 48.8 Å². The number of ether oxygens (including phenoxy) is 1. The number of amides is 1. The van der Waals surface area contributed by atoms with Crippen molar-refractivity contribution in [3.63, 3.8) is 0 Å². The maximum Gasteiger partial charge on any atom is 0.337 e. The number of carbonyl (C=O) groups excluding carboxylic acids is 2. The lowest BCUT2D eigenvalue weighted by Crippen LogP contribution is -2.12. The molecule has 0 unspecified atom stereocenters. The fourth-order valence-corrected chi connectivity index (χ4v) is 3.56. The molecule has 0 bridgehead atoms. The molecular weight excluding hydrogens is 362 g/mol. The van der Waals surface area contributed by atoms with E-state index in [1.807, 2.05) is 19.1 Å². The molecule has 0 aliphatic rings. The Labute approximate surface area is 161 Å². The second kappa shape index (κ2) is 8.55. The van der Waals surface area contributed by atoms with Crippen LogP contribution < -0.4 is 5.32 Å². The van der Waals surface area contributed by atoms with E-state index in [0.717, 1.165) is 17.8 Å². The maximum absolute atomic E-state index is 12.6. The van der Waals surface area contributed by atoms with Crippen molar-refractivity contribution in [1.29, 1.82) is 0 Å². The molecule has 0 atom stereocenters. The van der Waals surface area contributed by atoms with Crippen LogP contribution in [0.5, 0.6) is 0 Å². The van der Waals surface area contributed by atoms with Crippen molar-refractivity contribution in [3.05, 3.63) is 75.5 Å². The highest BCUT2D eigenvalue weighted by molar-refractivity contribution is 7.13. The van der Waals surface area contributed by atoms with Crippen LogP contribution in [0.25, 0.3) is 0 Å². The van der Waals surface area contributed by atoms with Gasteiger partial charge in [0.2, 0.25) is 0 Å². The molecule has 2 heterocycles.